The summed E-state index contributed by atoms with van der Waals surface area (Å²) in [5.41, 5.74) is 0.121. The van der Waals surface area contributed by atoms with Gasteiger partial charge in [0.1, 0.15) is 23.7 Å². The molecule has 2 aromatic rings. The molecule has 2 aromatic carbocycles. The van der Waals surface area contributed by atoms with Crippen molar-refractivity contribution in [3.8, 4) is 11.5 Å². The number of ether oxygens (including phenoxy) is 3. The van der Waals surface area contributed by atoms with Gasteiger partial charge in [0.25, 0.3) is 5.91 Å². The van der Waals surface area contributed by atoms with Crippen molar-refractivity contribution >= 4 is 55.5 Å². The summed E-state index contributed by atoms with van der Waals surface area (Å²) in [6, 6.07) is 6.51. The maximum atomic E-state index is 14.5. The molecule has 19 heteroatoms. The number of benzene rings is 2. The van der Waals surface area contributed by atoms with Crippen molar-refractivity contribution in [2.24, 2.45) is 5.92 Å². The number of nitrogens with one attached hydrogen (secondary N) is 3. The minimum absolute atomic E-state index is 0.109. The summed E-state index contributed by atoms with van der Waals surface area (Å²) in [5.74, 6) is -1.67. The van der Waals surface area contributed by atoms with Gasteiger partial charge in [-0.15, -0.1) is 0 Å². The third-order valence-electron chi connectivity index (χ3n) is 11.2. The molecule has 1 saturated heterocycles. The number of halogens is 1. The smallest absolute Gasteiger partial charge is 0.410 e. The van der Waals surface area contributed by atoms with Gasteiger partial charge in [0.05, 0.1) is 16.7 Å². The first-order valence-electron chi connectivity index (χ1n) is 18.7. The molecule has 3 fully saturated rings. The zero-order chi connectivity index (χ0) is 39.4. The largest absolute Gasteiger partial charge is 0.454 e. The molecule has 8 rings (SSSR count). The zero-order valence-corrected chi connectivity index (χ0v) is 32.7. The number of hydrogen-bond acceptors (Lipinski definition) is 11. The highest BCUT2D eigenvalue weighted by Gasteiger charge is 2.62. The predicted molar refractivity (Wildman–Crippen MR) is 199 cm³/mol. The van der Waals surface area contributed by atoms with Gasteiger partial charge in [0.15, 0.2) is 11.5 Å². The molecule has 0 aromatic heterocycles. The molecule has 5 atom stereocenters. The lowest BCUT2D eigenvalue weighted by molar-refractivity contribution is -0.141. The summed E-state index contributed by atoms with van der Waals surface area (Å²) < 4.78 is 74.4. The molecule has 300 valence electrons. The molecule has 0 spiro atoms. The highest BCUT2D eigenvalue weighted by atomic mass is 35.5. The molecule has 56 heavy (non-hydrogen) atoms. The van der Waals surface area contributed by atoms with Crippen LogP contribution in [0.15, 0.2) is 53.4 Å². The molecule has 4 heterocycles. The average molecular weight is 832 g/mol. The van der Waals surface area contributed by atoms with Crippen LogP contribution in [0.5, 0.6) is 11.5 Å². The SMILES string of the molecule is O=C1N[C@]2(C(=O)NS(=O)(=O)C3CC3)C[C@H]2/C=C\CCCCC[C@H](NS(=O)(=O)c2ccc(Cl)cc2)C(=O)N2C[C@H](OC(=O)N3Cc4cc5c(cc4C3)OCO5)C[C@@H]12. The van der Waals surface area contributed by atoms with Gasteiger partial charge in [0.2, 0.25) is 38.7 Å². The Labute approximate surface area is 329 Å². The van der Waals surface area contributed by atoms with E-state index in [0.717, 1.165) is 11.1 Å². The third kappa shape index (κ3) is 7.80. The Morgan fingerprint density at radius 1 is 0.946 bits per heavy atom. The van der Waals surface area contributed by atoms with Crippen LogP contribution in [0.4, 0.5) is 4.79 Å². The Morgan fingerprint density at radius 3 is 2.32 bits per heavy atom. The van der Waals surface area contributed by atoms with Gasteiger partial charge in [-0.2, -0.15) is 4.72 Å². The van der Waals surface area contributed by atoms with Crippen LogP contribution < -0.4 is 24.2 Å². The first kappa shape index (κ1) is 38.5. The number of hydrogen-bond donors (Lipinski definition) is 3. The molecule has 4 amide bonds. The molecular weight excluding hydrogens is 790 g/mol. The van der Waals surface area contributed by atoms with Crippen LogP contribution in [0.2, 0.25) is 5.02 Å². The Bertz CT molecular complexity index is 2170. The van der Waals surface area contributed by atoms with Gasteiger partial charge in [-0.3, -0.25) is 24.0 Å². The fourth-order valence-electron chi connectivity index (χ4n) is 7.83. The Kier molecular flexibility index (Phi) is 10.2. The van der Waals surface area contributed by atoms with Crippen LogP contribution in [0, 0.1) is 5.92 Å². The van der Waals surface area contributed by atoms with Crippen molar-refractivity contribution in [2.75, 3.05) is 13.3 Å². The van der Waals surface area contributed by atoms with Crippen molar-refractivity contribution in [1.29, 1.82) is 0 Å². The quantitative estimate of drug-likeness (QED) is 0.346. The lowest BCUT2D eigenvalue weighted by atomic mass is 10.1. The molecule has 6 aliphatic rings. The molecule has 0 radical (unpaired) electrons. The van der Waals surface area contributed by atoms with E-state index >= 15 is 0 Å². The average Bonchev–Trinajstić information content (AvgIpc) is 3.97. The minimum atomic E-state index is -4.24. The fourth-order valence-corrected chi connectivity index (χ4v) is 10.5. The van der Waals surface area contributed by atoms with E-state index in [0.29, 0.717) is 55.0 Å². The second-order valence-electron chi connectivity index (χ2n) is 15.2. The van der Waals surface area contributed by atoms with E-state index in [2.05, 4.69) is 14.8 Å². The van der Waals surface area contributed by atoms with Crippen LogP contribution in [0.25, 0.3) is 0 Å². The van der Waals surface area contributed by atoms with Gasteiger partial charge < -0.3 is 24.4 Å². The number of rotatable bonds is 7. The Morgan fingerprint density at radius 2 is 1.64 bits per heavy atom. The molecule has 3 N–H and O–H groups in total. The van der Waals surface area contributed by atoms with Crippen LogP contribution in [-0.2, 0) is 52.3 Å². The van der Waals surface area contributed by atoms with Gasteiger partial charge in [-0.1, -0.05) is 36.6 Å². The lowest BCUT2D eigenvalue weighted by Gasteiger charge is -2.29. The van der Waals surface area contributed by atoms with Crippen molar-refractivity contribution < 1.29 is 50.2 Å². The van der Waals surface area contributed by atoms with Crippen LogP contribution in [0.1, 0.15) is 68.9 Å². The predicted octanol–water partition coefficient (Wildman–Crippen LogP) is 2.84. The Hall–Kier alpha value is -4.39. The Balaban J connectivity index is 1.06. The summed E-state index contributed by atoms with van der Waals surface area (Å²) in [6.07, 6.45) is 5.41. The fraction of sp³-hybridized carbons (Fsp3) is 0.514. The number of fused-ring (bicyclic) bond motifs is 4. The first-order chi connectivity index (χ1) is 26.7. The van der Waals surface area contributed by atoms with E-state index in [1.165, 1.54) is 34.1 Å². The summed E-state index contributed by atoms with van der Waals surface area (Å²) >= 11 is 5.99. The van der Waals surface area contributed by atoms with Crippen LogP contribution in [0.3, 0.4) is 0 Å². The molecular formula is C37H42ClN5O11S2. The van der Waals surface area contributed by atoms with E-state index in [-0.39, 0.29) is 50.6 Å². The van der Waals surface area contributed by atoms with Crippen molar-refractivity contribution in [3.05, 3.63) is 64.7 Å². The monoisotopic (exact) mass is 831 g/mol. The van der Waals surface area contributed by atoms with Gasteiger partial charge >= 0.3 is 6.09 Å². The highest BCUT2D eigenvalue weighted by Crippen LogP contribution is 2.46. The van der Waals surface area contributed by atoms with E-state index in [9.17, 15) is 36.0 Å². The second kappa shape index (κ2) is 14.8. The number of allylic oxidation sites excluding steroid dienone is 1. The van der Waals surface area contributed by atoms with E-state index in [4.69, 9.17) is 25.8 Å². The van der Waals surface area contributed by atoms with Gasteiger partial charge in [0, 0.05) is 30.5 Å². The summed E-state index contributed by atoms with van der Waals surface area (Å²) in [7, 11) is -8.19. The maximum absolute atomic E-state index is 14.5. The van der Waals surface area contributed by atoms with E-state index in [1.54, 1.807) is 6.08 Å². The molecule has 2 aliphatic carbocycles. The van der Waals surface area contributed by atoms with Gasteiger partial charge in [-0.05, 0) is 86.1 Å². The topological polar surface area (TPSA) is 207 Å². The number of carbonyl (C=O) groups is 4. The summed E-state index contributed by atoms with van der Waals surface area (Å²) in [5, 5.41) is 2.43. The van der Waals surface area contributed by atoms with Gasteiger partial charge in [-0.25, -0.2) is 21.6 Å². The second-order valence-corrected chi connectivity index (χ2v) is 19.3. The number of nitrogens with zero attached hydrogens (tertiary/aromatic N) is 2. The molecule has 2 saturated carbocycles. The molecule has 4 aliphatic heterocycles. The normalized spacial score (nSPS) is 28.2. The number of carbonyl (C=O) groups excluding carboxylic acids is 4. The van der Waals surface area contributed by atoms with Crippen molar-refractivity contribution in [2.45, 2.75) is 105 Å². The molecule has 16 nitrogen and oxygen atoms in total. The standard InChI is InChI=1S/C37H42ClN5O11S2/c38-25-8-10-27(11-9-25)55(48,49)40-29-7-5-3-1-2-4-6-24-17-37(24,35(46)41-56(50,51)28-12-13-28)39-33(44)30-16-26(20-43(30)34(29)45)54-36(47)42-18-22-14-31-32(53-21-52-31)15-23(22)19-42/h4,6,8-11,14-15,24,26,28-30,40H,1-3,5,7,12-13,16-21H2,(H,39,44)(H,41,46)/b6-4-/t24-,26-,29+,30+,37-/m1/s1. The van der Waals surface area contributed by atoms with E-state index < -0.39 is 78.8 Å². The summed E-state index contributed by atoms with van der Waals surface area (Å²) in [6.45, 7) is 0.336. The zero-order valence-electron chi connectivity index (χ0n) is 30.3. The highest BCUT2D eigenvalue weighted by molar-refractivity contribution is 7.91. The molecule has 0 bridgehead atoms. The van der Waals surface area contributed by atoms with Crippen LogP contribution >= 0.6 is 11.6 Å². The van der Waals surface area contributed by atoms with E-state index in [1.807, 2.05) is 18.2 Å². The summed E-state index contributed by atoms with van der Waals surface area (Å²) in [4.78, 5) is 58.7. The van der Waals surface area contributed by atoms with Crippen LogP contribution in [-0.4, -0.2) is 92.8 Å². The lowest BCUT2D eigenvalue weighted by Crippen LogP contribution is -2.58. The first-order valence-corrected chi connectivity index (χ1v) is 22.1. The number of amides is 4. The molecule has 0 unspecified atom stereocenters. The maximum Gasteiger partial charge on any atom is 0.410 e. The van der Waals surface area contributed by atoms with Crippen molar-refractivity contribution in [3.63, 3.8) is 0 Å². The number of sulfonamides is 2. The van der Waals surface area contributed by atoms with Crippen molar-refractivity contribution in [1.82, 2.24) is 24.6 Å². The minimum Gasteiger partial charge on any atom is -0.454 e. The third-order valence-corrected chi connectivity index (χ3v) is 14.8.